The second-order valence-electron chi connectivity index (χ2n) is 7.25. The number of carbonyl (C=O) groups is 1. The SMILES string of the molecule is CCCCCC1C(C(=O)OCC)Nc2ccccc2C1Nc1ccc(Cl)cc1. The maximum absolute atomic E-state index is 12.8. The van der Waals surface area contributed by atoms with Gasteiger partial charge in [0.2, 0.25) is 0 Å². The van der Waals surface area contributed by atoms with Crippen LogP contribution in [-0.2, 0) is 9.53 Å². The molecule has 3 unspecified atom stereocenters. The fourth-order valence-corrected chi connectivity index (χ4v) is 4.06. The van der Waals surface area contributed by atoms with Gasteiger partial charge in [0.05, 0.1) is 12.6 Å². The van der Waals surface area contributed by atoms with Crippen LogP contribution in [0, 0.1) is 5.92 Å². The van der Waals surface area contributed by atoms with Gasteiger partial charge < -0.3 is 15.4 Å². The zero-order valence-electron chi connectivity index (χ0n) is 16.6. The summed E-state index contributed by atoms with van der Waals surface area (Å²) in [4.78, 5) is 12.8. The van der Waals surface area contributed by atoms with Crippen LogP contribution in [-0.4, -0.2) is 18.6 Å². The Hall–Kier alpha value is -2.20. The Morgan fingerprint density at radius 1 is 1.11 bits per heavy atom. The summed E-state index contributed by atoms with van der Waals surface area (Å²) in [5.41, 5.74) is 3.16. The van der Waals surface area contributed by atoms with E-state index in [0.717, 1.165) is 37.1 Å². The van der Waals surface area contributed by atoms with Crippen LogP contribution in [0.15, 0.2) is 48.5 Å². The minimum absolute atomic E-state index is 0.0184. The van der Waals surface area contributed by atoms with Gasteiger partial charge in [0.15, 0.2) is 0 Å². The largest absolute Gasteiger partial charge is 0.464 e. The van der Waals surface area contributed by atoms with Crippen LogP contribution in [0.5, 0.6) is 0 Å². The number of ether oxygens (including phenoxy) is 1. The molecular weight excluding hydrogens is 372 g/mol. The second-order valence-corrected chi connectivity index (χ2v) is 7.69. The molecule has 150 valence electrons. The molecule has 3 atom stereocenters. The van der Waals surface area contributed by atoms with Crippen LogP contribution in [0.1, 0.15) is 51.1 Å². The van der Waals surface area contributed by atoms with Gasteiger partial charge in [0.25, 0.3) is 0 Å². The van der Waals surface area contributed by atoms with Gasteiger partial charge >= 0.3 is 5.97 Å². The zero-order valence-corrected chi connectivity index (χ0v) is 17.3. The number of rotatable bonds is 8. The predicted octanol–water partition coefficient (Wildman–Crippen LogP) is 6.05. The zero-order chi connectivity index (χ0) is 19.9. The van der Waals surface area contributed by atoms with Gasteiger partial charge in [-0.05, 0) is 49.2 Å². The van der Waals surface area contributed by atoms with E-state index in [0.29, 0.717) is 11.6 Å². The topological polar surface area (TPSA) is 50.4 Å². The molecule has 4 nitrogen and oxygen atoms in total. The molecule has 0 radical (unpaired) electrons. The summed E-state index contributed by atoms with van der Waals surface area (Å²) in [5.74, 6) is -0.0856. The van der Waals surface area contributed by atoms with Gasteiger partial charge in [-0.1, -0.05) is 56.0 Å². The summed E-state index contributed by atoms with van der Waals surface area (Å²) in [7, 11) is 0. The fraction of sp³-hybridized carbons (Fsp3) is 0.435. The van der Waals surface area contributed by atoms with Crippen molar-refractivity contribution in [3.8, 4) is 0 Å². The maximum atomic E-state index is 12.8. The van der Waals surface area contributed by atoms with E-state index in [4.69, 9.17) is 16.3 Å². The van der Waals surface area contributed by atoms with Crippen molar-refractivity contribution in [2.45, 2.75) is 51.6 Å². The first kappa shape index (κ1) is 20.5. The van der Waals surface area contributed by atoms with Crippen molar-refractivity contribution in [3.05, 3.63) is 59.1 Å². The molecule has 28 heavy (non-hydrogen) atoms. The van der Waals surface area contributed by atoms with Crippen molar-refractivity contribution in [1.82, 2.24) is 0 Å². The Balaban J connectivity index is 1.95. The van der Waals surface area contributed by atoms with E-state index in [1.54, 1.807) is 0 Å². The van der Waals surface area contributed by atoms with Crippen LogP contribution in [0.25, 0.3) is 0 Å². The number of esters is 1. The second kappa shape index (κ2) is 9.83. The Labute approximate surface area is 172 Å². The van der Waals surface area contributed by atoms with Crippen LogP contribution in [0.4, 0.5) is 11.4 Å². The lowest BCUT2D eigenvalue weighted by Crippen LogP contribution is -2.46. The molecule has 0 fully saturated rings. The highest BCUT2D eigenvalue weighted by Crippen LogP contribution is 2.41. The average molecular weight is 401 g/mol. The van der Waals surface area contributed by atoms with Crippen molar-refractivity contribution in [1.29, 1.82) is 0 Å². The van der Waals surface area contributed by atoms with Gasteiger partial charge in [-0.25, -0.2) is 4.79 Å². The van der Waals surface area contributed by atoms with Gasteiger partial charge in [0, 0.05) is 22.3 Å². The summed E-state index contributed by atoms with van der Waals surface area (Å²) < 4.78 is 5.40. The molecule has 1 aliphatic heterocycles. The summed E-state index contributed by atoms with van der Waals surface area (Å²) in [6.07, 6.45) is 4.33. The van der Waals surface area contributed by atoms with E-state index in [1.807, 2.05) is 49.4 Å². The van der Waals surface area contributed by atoms with Crippen LogP contribution >= 0.6 is 11.6 Å². The Kier molecular flexibility index (Phi) is 7.21. The molecule has 0 saturated heterocycles. The van der Waals surface area contributed by atoms with E-state index in [9.17, 15) is 4.79 Å². The highest BCUT2D eigenvalue weighted by Gasteiger charge is 2.40. The van der Waals surface area contributed by atoms with Gasteiger partial charge in [-0.3, -0.25) is 0 Å². The lowest BCUT2D eigenvalue weighted by atomic mass is 9.79. The number of hydrogen-bond acceptors (Lipinski definition) is 4. The molecule has 0 aliphatic carbocycles. The number of unbranched alkanes of at least 4 members (excludes halogenated alkanes) is 2. The number of carbonyl (C=O) groups excluding carboxylic acids is 1. The number of fused-ring (bicyclic) bond motifs is 1. The number of para-hydroxylation sites is 1. The molecule has 2 N–H and O–H groups in total. The lowest BCUT2D eigenvalue weighted by Gasteiger charge is -2.40. The number of anilines is 2. The summed E-state index contributed by atoms with van der Waals surface area (Å²) in [6, 6.07) is 15.6. The lowest BCUT2D eigenvalue weighted by molar-refractivity contribution is -0.145. The maximum Gasteiger partial charge on any atom is 0.328 e. The first-order valence-electron chi connectivity index (χ1n) is 10.2. The predicted molar refractivity (Wildman–Crippen MR) is 116 cm³/mol. The molecule has 0 spiro atoms. The summed E-state index contributed by atoms with van der Waals surface area (Å²) in [5, 5.41) is 7.82. The van der Waals surface area contributed by atoms with Gasteiger partial charge in [-0.2, -0.15) is 0 Å². The molecule has 0 saturated carbocycles. The van der Waals surface area contributed by atoms with Crippen molar-refractivity contribution in [3.63, 3.8) is 0 Å². The quantitative estimate of drug-likeness (QED) is 0.418. The normalized spacial score (nSPS) is 20.8. The minimum atomic E-state index is -0.364. The van der Waals surface area contributed by atoms with E-state index in [2.05, 4.69) is 23.6 Å². The number of hydrogen-bond donors (Lipinski definition) is 2. The molecule has 0 bridgehead atoms. The molecule has 1 heterocycles. The molecule has 0 amide bonds. The van der Waals surface area contributed by atoms with E-state index >= 15 is 0 Å². The Morgan fingerprint density at radius 3 is 2.57 bits per heavy atom. The van der Waals surface area contributed by atoms with Crippen molar-refractivity contribution in [2.24, 2.45) is 5.92 Å². The summed E-state index contributed by atoms with van der Waals surface area (Å²) >= 11 is 6.05. The Morgan fingerprint density at radius 2 is 1.86 bits per heavy atom. The first-order chi connectivity index (χ1) is 13.6. The van der Waals surface area contributed by atoms with Gasteiger partial charge in [0.1, 0.15) is 6.04 Å². The van der Waals surface area contributed by atoms with Gasteiger partial charge in [-0.15, -0.1) is 0 Å². The third-order valence-electron chi connectivity index (χ3n) is 5.31. The monoisotopic (exact) mass is 400 g/mol. The molecule has 2 aromatic rings. The van der Waals surface area contributed by atoms with Crippen molar-refractivity contribution < 1.29 is 9.53 Å². The number of benzene rings is 2. The molecule has 2 aromatic carbocycles. The van der Waals surface area contributed by atoms with Crippen molar-refractivity contribution >= 4 is 28.9 Å². The van der Waals surface area contributed by atoms with E-state index in [-0.39, 0.29) is 24.0 Å². The number of halogens is 1. The molecule has 5 heteroatoms. The van der Waals surface area contributed by atoms with Crippen LogP contribution < -0.4 is 10.6 Å². The highest BCUT2D eigenvalue weighted by molar-refractivity contribution is 6.30. The smallest absolute Gasteiger partial charge is 0.328 e. The Bertz CT molecular complexity index is 778. The fourth-order valence-electron chi connectivity index (χ4n) is 3.94. The average Bonchev–Trinajstić information content (AvgIpc) is 2.71. The van der Waals surface area contributed by atoms with Crippen LogP contribution in [0.3, 0.4) is 0 Å². The standard InChI is InChI=1S/C23H29ClN2O2/c1-3-5-6-10-19-21(25-17-14-12-16(24)13-15-17)18-9-7-8-11-20(18)26-22(19)23(27)28-4-2/h7-9,11-15,19,21-22,25-26H,3-6,10H2,1-2H3. The highest BCUT2D eigenvalue weighted by atomic mass is 35.5. The summed E-state index contributed by atoms with van der Waals surface area (Å²) in [6.45, 7) is 4.43. The molecule has 0 aromatic heterocycles. The third kappa shape index (κ3) is 4.79. The molecular formula is C23H29ClN2O2. The molecule has 1 aliphatic rings. The van der Waals surface area contributed by atoms with Crippen molar-refractivity contribution in [2.75, 3.05) is 17.2 Å². The van der Waals surface area contributed by atoms with E-state index in [1.165, 1.54) is 5.56 Å². The third-order valence-corrected chi connectivity index (χ3v) is 5.56. The molecule has 3 rings (SSSR count). The number of nitrogens with one attached hydrogen (secondary N) is 2. The minimum Gasteiger partial charge on any atom is -0.464 e. The van der Waals surface area contributed by atoms with Crippen LogP contribution in [0.2, 0.25) is 5.02 Å². The van der Waals surface area contributed by atoms with E-state index < -0.39 is 0 Å². The first-order valence-corrected chi connectivity index (χ1v) is 10.6.